The number of nitrogens with zero attached hydrogens (tertiary/aromatic N) is 3. The van der Waals surface area contributed by atoms with Crippen LogP contribution in [0.5, 0.6) is 11.5 Å². The Morgan fingerprint density at radius 1 is 1.23 bits per heavy atom. The molecule has 1 amide bonds. The molecule has 3 rings (SSSR count). The van der Waals surface area contributed by atoms with Gasteiger partial charge in [0.25, 0.3) is 0 Å². The van der Waals surface area contributed by atoms with Gasteiger partial charge < -0.3 is 19.2 Å². The van der Waals surface area contributed by atoms with Crippen molar-refractivity contribution in [3.05, 3.63) is 60.3 Å². The Bertz CT molecular complexity index is 829. The number of amides is 1. The Balaban J connectivity index is 1.44. The van der Waals surface area contributed by atoms with Gasteiger partial charge in [-0.05, 0) is 24.3 Å². The highest BCUT2D eigenvalue weighted by Crippen LogP contribution is 2.26. The quantitative estimate of drug-likeness (QED) is 0.629. The molecule has 0 radical (unpaired) electrons. The molecule has 3 aromatic rings. The third-order valence-corrected chi connectivity index (χ3v) is 3.61. The summed E-state index contributed by atoms with van der Waals surface area (Å²) in [6.07, 6.45) is 3.94. The molecule has 0 aliphatic carbocycles. The molecule has 0 fully saturated rings. The molecule has 2 aromatic heterocycles. The number of carbonyl (C=O) groups excluding carboxylic acids is 1. The lowest BCUT2D eigenvalue weighted by Crippen LogP contribution is -2.29. The van der Waals surface area contributed by atoms with E-state index < -0.39 is 0 Å². The number of nitrogens with one attached hydrogen (secondary N) is 1. The lowest BCUT2D eigenvalue weighted by molar-refractivity contribution is -0.121. The highest BCUT2D eigenvalue weighted by atomic mass is 16.5. The zero-order valence-corrected chi connectivity index (χ0v) is 14.4. The monoisotopic (exact) mass is 356 g/mol. The van der Waals surface area contributed by atoms with Gasteiger partial charge in [-0.15, -0.1) is 5.10 Å². The lowest BCUT2D eigenvalue weighted by Gasteiger charge is -2.08. The fraction of sp³-hybridized carbons (Fsp3) is 0.278. The van der Waals surface area contributed by atoms with Crippen LogP contribution in [0.15, 0.2) is 53.3 Å². The summed E-state index contributed by atoms with van der Waals surface area (Å²) in [4.78, 5) is 11.9. The van der Waals surface area contributed by atoms with Gasteiger partial charge in [0.2, 0.25) is 5.91 Å². The zero-order valence-electron chi connectivity index (χ0n) is 14.4. The van der Waals surface area contributed by atoms with Gasteiger partial charge in [-0.2, -0.15) is 0 Å². The molecule has 0 saturated carbocycles. The lowest BCUT2D eigenvalue weighted by atomic mass is 10.3. The predicted octanol–water partition coefficient (Wildman–Crippen LogP) is 1.82. The van der Waals surface area contributed by atoms with Crippen LogP contribution in [-0.4, -0.2) is 34.6 Å². The minimum Gasteiger partial charge on any atom is -0.493 e. The second kappa shape index (κ2) is 8.70. The number of benzene rings is 1. The smallest absolute Gasteiger partial charge is 0.241 e. The molecular weight excluding hydrogens is 336 g/mol. The van der Waals surface area contributed by atoms with Crippen LogP contribution >= 0.6 is 0 Å². The number of ether oxygens (including phenoxy) is 2. The first-order valence-electron chi connectivity index (χ1n) is 8.18. The third kappa shape index (κ3) is 4.85. The van der Waals surface area contributed by atoms with Crippen LogP contribution in [0.3, 0.4) is 0 Å². The van der Waals surface area contributed by atoms with Gasteiger partial charge in [0.15, 0.2) is 11.5 Å². The molecule has 0 atom stereocenters. The van der Waals surface area contributed by atoms with Gasteiger partial charge in [-0.3, -0.25) is 4.79 Å². The molecule has 1 aromatic carbocycles. The van der Waals surface area contributed by atoms with Gasteiger partial charge in [0.05, 0.1) is 19.6 Å². The number of para-hydroxylation sites is 2. The molecule has 0 saturated heterocycles. The highest BCUT2D eigenvalue weighted by molar-refractivity contribution is 5.75. The first-order chi connectivity index (χ1) is 12.7. The number of carbonyl (C=O) groups is 1. The summed E-state index contributed by atoms with van der Waals surface area (Å²) in [5.41, 5.74) is 0.624. The van der Waals surface area contributed by atoms with E-state index in [1.54, 1.807) is 19.6 Å². The molecule has 136 valence electrons. The SMILES string of the molecule is COc1ccccc1OCc1cn(CC(=O)NCCc2ccco2)nn1. The van der Waals surface area contributed by atoms with Gasteiger partial charge in [0.1, 0.15) is 24.6 Å². The van der Waals surface area contributed by atoms with Crippen LogP contribution in [0.2, 0.25) is 0 Å². The summed E-state index contributed by atoms with van der Waals surface area (Å²) in [7, 11) is 1.59. The molecule has 8 nitrogen and oxygen atoms in total. The van der Waals surface area contributed by atoms with E-state index in [-0.39, 0.29) is 19.1 Å². The van der Waals surface area contributed by atoms with Crippen LogP contribution in [0, 0.1) is 0 Å². The number of aromatic nitrogens is 3. The second-order valence-corrected chi connectivity index (χ2v) is 5.53. The van der Waals surface area contributed by atoms with Crippen molar-refractivity contribution in [2.24, 2.45) is 0 Å². The van der Waals surface area contributed by atoms with Crippen molar-refractivity contribution in [3.63, 3.8) is 0 Å². The van der Waals surface area contributed by atoms with Crippen LogP contribution in [-0.2, 0) is 24.4 Å². The zero-order chi connectivity index (χ0) is 18.2. The minimum atomic E-state index is -0.140. The average molecular weight is 356 g/mol. The fourth-order valence-electron chi connectivity index (χ4n) is 2.35. The van der Waals surface area contributed by atoms with Crippen LogP contribution < -0.4 is 14.8 Å². The maximum Gasteiger partial charge on any atom is 0.241 e. The number of furan rings is 1. The molecule has 2 heterocycles. The standard InChI is InChI=1S/C18H20N4O4/c1-24-16-6-2-3-7-17(16)26-13-14-11-22(21-20-14)12-18(23)19-9-8-15-5-4-10-25-15/h2-7,10-11H,8-9,12-13H2,1H3,(H,19,23). The number of hydrogen-bond acceptors (Lipinski definition) is 6. The summed E-state index contributed by atoms with van der Waals surface area (Å²) in [6.45, 7) is 0.838. The van der Waals surface area contributed by atoms with E-state index in [9.17, 15) is 4.79 Å². The topological polar surface area (TPSA) is 91.4 Å². The van der Waals surface area contributed by atoms with E-state index in [0.717, 1.165) is 5.76 Å². The molecule has 0 aliphatic heterocycles. The summed E-state index contributed by atoms with van der Waals surface area (Å²) in [5, 5.41) is 10.8. The van der Waals surface area contributed by atoms with Gasteiger partial charge in [-0.1, -0.05) is 17.3 Å². The normalized spacial score (nSPS) is 10.5. The van der Waals surface area contributed by atoms with Gasteiger partial charge in [0, 0.05) is 13.0 Å². The molecule has 1 N–H and O–H groups in total. The molecule has 8 heteroatoms. The Morgan fingerprint density at radius 2 is 2.08 bits per heavy atom. The Labute approximate surface area is 150 Å². The molecule has 0 bridgehead atoms. The van der Waals surface area contributed by atoms with Crippen LogP contribution in [0.4, 0.5) is 0 Å². The molecular formula is C18H20N4O4. The number of methoxy groups -OCH3 is 1. The van der Waals surface area contributed by atoms with Gasteiger partial charge >= 0.3 is 0 Å². The Morgan fingerprint density at radius 3 is 2.85 bits per heavy atom. The fourth-order valence-corrected chi connectivity index (χ4v) is 2.35. The summed E-state index contributed by atoms with van der Waals surface area (Å²) in [5.74, 6) is 1.97. The van der Waals surface area contributed by atoms with E-state index in [2.05, 4.69) is 15.6 Å². The second-order valence-electron chi connectivity index (χ2n) is 5.53. The predicted molar refractivity (Wildman–Crippen MR) is 92.8 cm³/mol. The van der Waals surface area contributed by atoms with Crippen molar-refractivity contribution in [1.82, 2.24) is 20.3 Å². The molecule has 0 aliphatic rings. The highest BCUT2D eigenvalue weighted by Gasteiger charge is 2.08. The maximum absolute atomic E-state index is 11.9. The molecule has 0 spiro atoms. The number of hydrogen-bond donors (Lipinski definition) is 1. The summed E-state index contributed by atoms with van der Waals surface area (Å²) in [6, 6.07) is 11.1. The van der Waals surface area contributed by atoms with Gasteiger partial charge in [-0.25, -0.2) is 4.68 Å². The largest absolute Gasteiger partial charge is 0.493 e. The van der Waals surface area contributed by atoms with E-state index in [1.165, 1.54) is 4.68 Å². The molecule has 26 heavy (non-hydrogen) atoms. The Hall–Kier alpha value is -3.29. The average Bonchev–Trinajstić information content (AvgIpc) is 3.32. The van der Waals surface area contributed by atoms with Crippen molar-refractivity contribution < 1.29 is 18.7 Å². The first-order valence-corrected chi connectivity index (χ1v) is 8.18. The van der Waals surface area contributed by atoms with Crippen LogP contribution in [0.25, 0.3) is 0 Å². The van der Waals surface area contributed by atoms with E-state index in [1.807, 2.05) is 36.4 Å². The Kier molecular flexibility index (Phi) is 5.87. The first kappa shape index (κ1) is 17.5. The minimum absolute atomic E-state index is 0.0970. The van der Waals surface area contributed by atoms with Crippen molar-refractivity contribution in [3.8, 4) is 11.5 Å². The van der Waals surface area contributed by atoms with Crippen molar-refractivity contribution in [2.75, 3.05) is 13.7 Å². The van der Waals surface area contributed by atoms with Crippen LogP contribution in [0.1, 0.15) is 11.5 Å². The van der Waals surface area contributed by atoms with Crippen molar-refractivity contribution in [1.29, 1.82) is 0 Å². The summed E-state index contributed by atoms with van der Waals surface area (Å²) < 4.78 is 17.6. The van der Waals surface area contributed by atoms with Crippen molar-refractivity contribution in [2.45, 2.75) is 19.6 Å². The molecule has 0 unspecified atom stereocenters. The summed E-state index contributed by atoms with van der Waals surface area (Å²) >= 11 is 0. The van der Waals surface area contributed by atoms with E-state index >= 15 is 0 Å². The van der Waals surface area contributed by atoms with E-state index in [0.29, 0.717) is 30.2 Å². The maximum atomic E-state index is 11.9. The van der Waals surface area contributed by atoms with E-state index in [4.69, 9.17) is 13.9 Å². The van der Waals surface area contributed by atoms with Crippen molar-refractivity contribution >= 4 is 5.91 Å². The third-order valence-electron chi connectivity index (χ3n) is 3.61. The number of rotatable bonds is 9.